The van der Waals surface area contributed by atoms with Crippen molar-refractivity contribution in [3.63, 3.8) is 0 Å². The van der Waals surface area contributed by atoms with Gasteiger partial charge in [-0.25, -0.2) is 8.42 Å². The van der Waals surface area contributed by atoms with Crippen LogP contribution in [-0.4, -0.2) is 15.5 Å². The van der Waals surface area contributed by atoms with Crippen molar-refractivity contribution in [2.75, 3.05) is 11.8 Å². The van der Waals surface area contributed by atoms with E-state index >= 15 is 0 Å². The van der Waals surface area contributed by atoms with Gasteiger partial charge in [0.1, 0.15) is 5.75 Å². The molecule has 0 aliphatic rings. The lowest BCUT2D eigenvalue weighted by Gasteiger charge is -2.14. The van der Waals surface area contributed by atoms with Crippen molar-refractivity contribution in [1.29, 1.82) is 5.26 Å². The molecule has 0 radical (unpaired) electrons. The smallest absolute Gasteiger partial charge is 0.262 e. The number of hydrogen-bond acceptors (Lipinski definition) is 4. The highest BCUT2D eigenvalue weighted by Gasteiger charge is 2.17. The van der Waals surface area contributed by atoms with Gasteiger partial charge in [0.2, 0.25) is 0 Å². The van der Waals surface area contributed by atoms with Crippen LogP contribution in [0.4, 0.5) is 5.69 Å². The molecule has 0 heterocycles. The molecule has 0 saturated carbocycles. The fourth-order valence-corrected chi connectivity index (χ4v) is 3.64. The summed E-state index contributed by atoms with van der Waals surface area (Å²) in [5, 5.41) is 8.98. The third kappa shape index (κ3) is 3.68. The van der Waals surface area contributed by atoms with Crippen molar-refractivity contribution in [1.82, 2.24) is 0 Å². The van der Waals surface area contributed by atoms with Gasteiger partial charge >= 0.3 is 0 Å². The number of nitrogens with zero attached hydrogens (tertiary/aromatic N) is 1. The van der Waals surface area contributed by atoms with E-state index in [9.17, 15) is 8.42 Å². The Hall–Kier alpha value is -3.30. The van der Waals surface area contributed by atoms with E-state index in [1.54, 1.807) is 18.2 Å². The Balaban J connectivity index is 2.01. The zero-order valence-corrected chi connectivity index (χ0v) is 14.8. The average molecular weight is 364 g/mol. The van der Waals surface area contributed by atoms with Crippen molar-refractivity contribution in [2.45, 2.75) is 4.90 Å². The number of sulfonamides is 1. The summed E-state index contributed by atoms with van der Waals surface area (Å²) in [6.45, 7) is 0. The van der Waals surface area contributed by atoms with Crippen molar-refractivity contribution in [2.24, 2.45) is 0 Å². The molecule has 0 unspecified atom stereocenters. The van der Waals surface area contributed by atoms with Crippen LogP contribution in [0.3, 0.4) is 0 Å². The molecule has 3 rings (SSSR count). The summed E-state index contributed by atoms with van der Waals surface area (Å²) in [6, 6.07) is 22.7. The quantitative estimate of drug-likeness (QED) is 0.741. The lowest BCUT2D eigenvalue weighted by molar-refractivity contribution is 0.417. The predicted molar refractivity (Wildman–Crippen MR) is 100 cm³/mol. The third-order valence-electron chi connectivity index (χ3n) is 3.82. The van der Waals surface area contributed by atoms with Gasteiger partial charge < -0.3 is 4.74 Å². The van der Waals surface area contributed by atoms with Gasteiger partial charge in [0.15, 0.2) is 0 Å². The summed E-state index contributed by atoms with van der Waals surface area (Å²) in [5.74, 6) is 0.407. The van der Waals surface area contributed by atoms with Crippen LogP contribution in [0, 0.1) is 11.3 Å². The van der Waals surface area contributed by atoms with E-state index in [0.29, 0.717) is 11.4 Å². The number of ether oxygens (including phenoxy) is 1. The van der Waals surface area contributed by atoms with Gasteiger partial charge in [-0.2, -0.15) is 5.26 Å². The van der Waals surface area contributed by atoms with Crippen molar-refractivity contribution in [3.8, 4) is 22.9 Å². The fourth-order valence-electron chi connectivity index (χ4n) is 2.53. The lowest BCUT2D eigenvalue weighted by atomic mass is 10.1. The number of anilines is 1. The molecule has 0 amide bonds. The first kappa shape index (κ1) is 17.5. The zero-order valence-electron chi connectivity index (χ0n) is 14.0. The van der Waals surface area contributed by atoms with Crippen molar-refractivity contribution in [3.05, 3.63) is 78.4 Å². The summed E-state index contributed by atoms with van der Waals surface area (Å²) in [5.41, 5.74) is 2.42. The summed E-state index contributed by atoms with van der Waals surface area (Å²) in [4.78, 5) is 0.0173. The Kier molecular flexibility index (Phi) is 4.92. The van der Waals surface area contributed by atoms with Crippen LogP contribution in [0.2, 0.25) is 0 Å². The number of rotatable bonds is 5. The first-order chi connectivity index (χ1) is 12.5. The molecule has 0 aliphatic heterocycles. The summed E-state index contributed by atoms with van der Waals surface area (Å²) < 4.78 is 33.3. The number of nitriles is 1. The lowest BCUT2D eigenvalue weighted by Crippen LogP contribution is -2.14. The molecule has 0 aliphatic carbocycles. The maximum Gasteiger partial charge on any atom is 0.262 e. The Morgan fingerprint density at radius 2 is 1.69 bits per heavy atom. The Labute approximate surface area is 152 Å². The van der Waals surface area contributed by atoms with Crippen molar-refractivity contribution >= 4 is 15.7 Å². The normalized spacial score (nSPS) is 10.8. The molecule has 5 nitrogen and oxygen atoms in total. The van der Waals surface area contributed by atoms with Crippen molar-refractivity contribution < 1.29 is 13.2 Å². The molecular formula is C20H16N2O3S. The third-order valence-corrected chi connectivity index (χ3v) is 5.19. The maximum atomic E-state index is 12.7. The second kappa shape index (κ2) is 7.30. The molecule has 130 valence electrons. The van der Waals surface area contributed by atoms with E-state index in [0.717, 1.165) is 11.1 Å². The maximum absolute atomic E-state index is 12.7. The largest absolute Gasteiger partial charge is 0.495 e. The molecular weight excluding hydrogens is 348 g/mol. The zero-order chi connectivity index (χ0) is 18.6. The first-order valence-corrected chi connectivity index (χ1v) is 9.28. The molecule has 0 saturated heterocycles. The minimum atomic E-state index is -3.86. The highest BCUT2D eigenvalue weighted by Crippen LogP contribution is 2.32. The van der Waals surface area contributed by atoms with Crippen LogP contribution < -0.4 is 9.46 Å². The van der Waals surface area contributed by atoms with E-state index in [1.165, 1.54) is 25.3 Å². The monoisotopic (exact) mass is 364 g/mol. The minimum Gasteiger partial charge on any atom is -0.495 e. The highest BCUT2D eigenvalue weighted by molar-refractivity contribution is 7.92. The molecule has 3 aromatic carbocycles. The molecule has 0 fully saturated rings. The van der Waals surface area contributed by atoms with Crippen LogP contribution in [0.25, 0.3) is 11.1 Å². The molecule has 1 N–H and O–H groups in total. The van der Waals surface area contributed by atoms with E-state index in [4.69, 9.17) is 10.00 Å². The SMILES string of the molecule is COc1ccc(-c2ccccc2)cc1NS(=O)(=O)c1cccc(C#N)c1. The van der Waals surface area contributed by atoms with Crippen LogP contribution >= 0.6 is 0 Å². The van der Waals surface area contributed by atoms with Crippen LogP contribution in [0.15, 0.2) is 77.7 Å². The van der Waals surface area contributed by atoms with Gasteiger partial charge in [0.25, 0.3) is 10.0 Å². The Bertz CT molecular complexity index is 1070. The Morgan fingerprint density at radius 1 is 0.923 bits per heavy atom. The van der Waals surface area contributed by atoms with Gasteiger partial charge in [-0.05, 0) is 41.5 Å². The molecule has 0 bridgehead atoms. The van der Waals surface area contributed by atoms with Crippen LogP contribution in [-0.2, 0) is 10.0 Å². The van der Waals surface area contributed by atoms with Crippen LogP contribution in [0.5, 0.6) is 5.75 Å². The van der Waals surface area contributed by atoms with E-state index < -0.39 is 10.0 Å². The van der Waals surface area contributed by atoms with Gasteiger partial charge in [-0.3, -0.25) is 4.72 Å². The average Bonchev–Trinajstić information content (AvgIpc) is 2.68. The molecule has 3 aromatic rings. The van der Waals surface area contributed by atoms with Gasteiger partial charge in [0, 0.05) is 0 Å². The first-order valence-electron chi connectivity index (χ1n) is 7.80. The van der Waals surface area contributed by atoms with E-state index in [2.05, 4.69) is 4.72 Å². The fraction of sp³-hybridized carbons (Fsp3) is 0.0500. The Morgan fingerprint density at radius 3 is 2.38 bits per heavy atom. The summed E-state index contributed by atoms with van der Waals surface area (Å²) in [7, 11) is -2.38. The minimum absolute atomic E-state index is 0.0173. The van der Waals surface area contributed by atoms with Crippen LogP contribution in [0.1, 0.15) is 5.56 Å². The van der Waals surface area contributed by atoms with Gasteiger partial charge in [0.05, 0.1) is 29.3 Å². The molecule has 26 heavy (non-hydrogen) atoms. The molecule has 0 spiro atoms. The standard InChI is InChI=1S/C20H16N2O3S/c1-25-20-11-10-17(16-7-3-2-4-8-16)13-19(20)22-26(23,24)18-9-5-6-15(12-18)14-21/h2-13,22H,1H3. The second-order valence-electron chi connectivity index (χ2n) is 5.53. The number of hydrogen-bond donors (Lipinski definition) is 1. The van der Waals surface area contributed by atoms with E-state index in [1.807, 2.05) is 42.5 Å². The summed E-state index contributed by atoms with van der Waals surface area (Å²) >= 11 is 0. The highest BCUT2D eigenvalue weighted by atomic mass is 32.2. The van der Waals surface area contributed by atoms with Gasteiger partial charge in [-0.15, -0.1) is 0 Å². The summed E-state index contributed by atoms with van der Waals surface area (Å²) in [6.07, 6.45) is 0. The molecule has 0 atom stereocenters. The topological polar surface area (TPSA) is 79.2 Å². The molecule has 0 aromatic heterocycles. The number of nitrogens with one attached hydrogen (secondary N) is 1. The molecule has 6 heteroatoms. The van der Waals surface area contributed by atoms with Gasteiger partial charge in [-0.1, -0.05) is 42.5 Å². The predicted octanol–water partition coefficient (Wildman–Crippen LogP) is 4.03. The van der Waals surface area contributed by atoms with E-state index in [-0.39, 0.29) is 10.5 Å². The second-order valence-corrected chi connectivity index (χ2v) is 7.21. The number of benzene rings is 3. The number of methoxy groups -OCH3 is 1.